The highest BCUT2D eigenvalue weighted by Crippen LogP contribution is 2.13. The summed E-state index contributed by atoms with van der Waals surface area (Å²) in [4.78, 5) is 24.1. The molecule has 0 atom stereocenters. The van der Waals surface area contributed by atoms with Gasteiger partial charge < -0.3 is 5.32 Å². The molecule has 8 heteroatoms. The Morgan fingerprint density at radius 1 is 1.15 bits per heavy atom. The number of hydrogen-bond acceptors (Lipinski definition) is 4. The lowest BCUT2D eigenvalue weighted by Gasteiger charge is -2.08. The van der Waals surface area contributed by atoms with Gasteiger partial charge in [-0.15, -0.1) is 4.83 Å². The minimum Gasteiger partial charge on any atom is -0.326 e. The molecule has 0 aromatic heterocycles. The number of rotatable bonds is 6. The van der Waals surface area contributed by atoms with Crippen LogP contribution in [0.4, 0.5) is 5.69 Å². The summed E-state index contributed by atoms with van der Waals surface area (Å²) in [6.45, 7) is 3.17. The average Bonchev–Trinajstić information content (AvgIpc) is 2.37. The van der Waals surface area contributed by atoms with E-state index in [0.717, 1.165) is 0 Å². The molecule has 0 radical (unpaired) electrons. The van der Waals surface area contributed by atoms with Gasteiger partial charge in [0, 0.05) is 19.0 Å². The zero-order chi connectivity index (χ0) is 15.2. The minimum absolute atomic E-state index is 0.0107. The molecule has 1 rings (SSSR count). The fourth-order valence-corrected chi connectivity index (χ4v) is 2.25. The van der Waals surface area contributed by atoms with Crippen LogP contribution in [0.2, 0.25) is 0 Å². The maximum absolute atomic E-state index is 11.9. The molecule has 0 aliphatic carbocycles. The summed E-state index contributed by atoms with van der Waals surface area (Å²) >= 11 is 0. The average molecular weight is 299 g/mol. The van der Waals surface area contributed by atoms with Gasteiger partial charge in [-0.25, -0.2) is 8.42 Å². The minimum atomic E-state index is -3.81. The van der Waals surface area contributed by atoms with Crippen LogP contribution in [0.25, 0.3) is 0 Å². The van der Waals surface area contributed by atoms with Crippen molar-refractivity contribution in [2.75, 3.05) is 5.32 Å². The van der Waals surface area contributed by atoms with Crippen molar-refractivity contribution in [2.45, 2.75) is 31.6 Å². The Bertz CT molecular complexity index is 581. The molecular formula is C12H17N3O4S. The molecule has 0 aliphatic rings. The van der Waals surface area contributed by atoms with Crippen molar-refractivity contribution >= 4 is 27.5 Å². The van der Waals surface area contributed by atoms with E-state index in [0.29, 0.717) is 12.1 Å². The number of benzene rings is 1. The molecule has 0 spiro atoms. The maximum atomic E-state index is 11.9. The van der Waals surface area contributed by atoms with E-state index in [9.17, 15) is 18.0 Å². The van der Waals surface area contributed by atoms with Gasteiger partial charge in [-0.2, -0.15) is 0 Å². The standard InChI is InChI=1S/C12H17N3O4S/c1-3-4-12(17)14-15-20(18,19)11-7-5-10(6-8-11)13-9(2)16/h5-8,15H,3-4H2,1-2H3,(H,13,16)(H,14,17). The van der Waals surface area contributed by atoms with Crippen LogP contribution >= 0.6 is 0 Å². The molecular weight excluding hydrogens is 282 g/mol. The van der Waals surface area contributed by atoms with E-state index < -0.39 is 15.9 Å². The van der Waals surface area contributed by atoms with Crippen LogP contribution in [0.1, 0.15) is 26.7 Å². The lowest BCUT2D eigenvalue weighted by atomic mass is 10.3. The van der Waals surface area contributed by atoms with Crippen LogP contribution in [-0.2, 0) is 19.6 Å². The highest BCUT2D eigenvalue weighted by Gasteiger charge is 2.14. The van der Waals surface area contributed by atoms with Crippen LogP contribution in [0, 0.1) is 0 Å². The molecule has 2 amide bonds. The number of carbonyl (C=O) groups is 2. The Morgan fingerprint density at radius 2 is 1.75 bits per heavy atom. The topological polar surface area (TPSA) is 104 Å². The number of carbonyl (C=O) groups excluding carboxylic acids is 2. The Balaban J connectivity index is 2.72. The number of anilines is 1. The molecule has 20 heavy (non-hydrogen) atoms. The van der Waals surface area contributed by atoms with E-state index >= 15 is 0 Å². The molecule has 0 aliphatic heterocycles. The van der Waals surface area contributed by atoms with E-state index in [1.54, 1.807) is 0 Å². The zero-order valence-electron chi connectivity index (χ0n) is 11.3. The van der Waals surface area contributed by atoms with Gasteiger partial charge >= 0.3 is 0 Å². The third kappa shape index (κ3) is 4.98. The van der Waals surface area contributed by atoms with Crippen LogP contribution in [0.3, 0.4) is 0 Å². The number of hydrazine groups is 1. The summed E-state index contributed by atoms with van der Waals surface area (Å²) < 4.78 is 23.7. The summed E-state index contributed by atoms with van der Waals surface area (Å²) in [6, 6.07) is 5.59. The second-order valence-electron chi connectivity index (χ2n) is 4.11. The monoisotopic (exact) mass is 299 g/mol. The lowest BCUT2D eigenvalue weighted by Crippen LogP contribution is -2.41. The van der Waals surface area contributed by atoms with Gasteiger partial charge in [0.15, 0.2) is 0 Å². The molecule has 0 fully saturated rings. The summed E-state index contributed by atoms with van der Waals surface area (Å²) in [7, 11) is -3.81. The largest absolute Gasteiger partial charge is 0.326 e. The van der Waals surface area contributed by atoms with Gasteiger partial charge in [-0.1, -0.05) is 6.92 Å². The highest BCUT2D eigenvalue weighted by molar-refractivity contribution is 7.89. The summed E-state index contributed by atoms with van der Waals surface area (Å²) in [5.41, 5.74) is 2.61. The molecule has 110 valence electrons. The first-order valence-corrected chi connectivity index (χ1v) is 7.52. The van der Waals surface area contributed by atoms with Gasteiger partial charge in [-0.3, -0.25) is 15.0 Å². The SMILES string of the molecule is CCCC(=O)NNS(=O)(=O)c1ccc(NC(C)=O)cc1. The van der Waals surface area contributed by atoms with Gasteiger partial charge in [0.2, 0.25) is 11.8 Å². The van der Waals surface area contributed by atoms with Crippen molar-refractivity contribution in [3.8, 4) is 0 Å². The van der Waals surface area contributed by atoms with Crippen molar-refractivity contribution in [2.24, 2.45) is 0 Å². The van der Waals surface area contributed by atoms with Gasteiger partial charge in [-0.05, 0) is 30.7 Å². The highest BCUT2D eigenvalue weighted by atomic mass is 32.2. The molecule has 0 saturated carbocycles. The Hall–Kier alpha value is -1.93. The van der Waals surface area contributed by atoms with E-state index in [2.05, 4.69) is 10.7 Å². The third-order valence-corrected chi connectivity index (χ3v) is 3.55. The van der Waals surface area contributed by atoms with Crippen molar-refractivity contribution in [1.29, 1.82) is 0 Å². The van der Waals surface area contributed by atoms with Crippen molar-refractivity contribution < 1.29 is 18.0 Å². The summed E-state index contributed by atoms with van der Waals surface area (Å²) in [5.74, 6) is -0.642. The first-order chi connectivity index (χ1) is 9.35. The summed E-state index contributed by atoms with van der Waals surface area (Å²) in [6.07, 6.45) is 0.864. The molecule has 1 aromatic rings. The molecule has 3 N–H and O–H groups in total. The third-order valence-electron chi connectivity index (χ3n) is 2.29. The van der Waals surface area contributed by atoms with Crippen molar-refractivity contribution in [3.05, 3.63) is 24.3 Å². The van der Waals surface area contributed by atoms with Gasteiger partial charge in [0.1, 0.15) is 0 Å². The predicted molar refractivity (Wildman–Crippen MR) is 74.1 cm³/mol. The predicted octanol–water partition coefficient (Wildman–Crippen LogP) is 0.755. The molecule has 1 aromatic carbocycles. The molecule has 0 saturated heterocycles. The second kappa shape index (κ2) is 7.01. The van der Waals surface area contributed by atoms with E-state index in [1.165, 1.54) is 31.2 Å². The van der Waals surface area contributed by atoms with E-state index in [-0.39, 0.29) is 17.2 Å². The van der Waals surface area contributed by atoms with Crippen molar-refractivity contribution in [1.82, 2.24) is 10.3 Å². The zero-order valence-corrected chi connectivity index (χ0v) is 12.1. The second-order valence-corrected chi connectivity index (χ2v) is 5.79. The number of hydrogen-bond donors (Lipinski definition) is 3. The van der Waals surface area contributed by atoms with Gasteiger partial charge in [0.25, 0.3) is 10.0 Å². The molecule has 0 heterocycles. The van der Waals surface area contributed by atoms with E-state index in [1.807, 2.05) is 11.8 Å². The fraction of sp³-hybridized carbons (Fsp3) is 0.333. The summed E-state index contributed by atoms with van der Waals surface area (Å²) in [5, 5.41) is 2.53. The molecule has 0 bridgehead atoms. The number of nitrogens with one attached hydrogen (secondary N) is 3. The van der Waals surface area contributed by atoms with Crippen LogP contribution < -0.4 is 15.6 Å². The molecule has 0 unspecified atom stereocenters. The number of sulfonamides is 1. The first-order valence-electron chi connectivity index (χ1n) is 6.03. The maximum Gasteiger partial charge on any atom is 0.257 e. The Labute approximate surface area is 117 Å². The van der Waals surface area contributed by atoms with Gasteiger partial charge in [0.05, 0.1) is 4.90 Å². The molecule has 7 nitrogen and oxygen atoms in total. The Morgan fingerprint density at radius 3 is 2.25 bits per heavy atom. The normalized spacial score (nSPS) is 10.9. The Kier molecular flexibility index (Phi) is 5.66. The van der Waals surface area contributed by atoms with E-state index in [4.69, 9.17) is 0 Å². The fourth-order valence-electron chi connectivity index (χ4n) is 1.39. The van der Waals surface area contributed by atoms with Crippen LogP contribution in [-0.4, -0.2) is 20.2 Å². The lowest BCUT2D eigenvalue weighted by molar-refractivity contribution is -0.121. The van der Waals surface area contributed by atoms with Crippen molar-refractivity contribution in [3.63, 3.8) is 0 Å². The quantitative estimate of drug-likeness (QED) is 0.674. The van der Waals surface area contributed by atoms with Crippen LogP contribution in [0.5, 0.6) is 0 Å². The van der Waals surface area contributed by atoms with Crippen LogP contribution in [0.15, 0.2) is 29.2 Å². The smallest absolute Gasteiger partial charge is 0.257 e. The first kappa shape index (κ1) is 16.1. The number of amides is 2.